The van der Waals surface area contributed by atoms with Crippen LogP contribution >= 0.6 is 81.8 Å². The summed E-state index contributed by atoms with van der Waals surface area (Å²) in [6.07, 6.45) is 0. The van der Waals surface area contributed by atoms with Crippen molar-refractivity contribution in [3.8, 4) is 0 Å². The molecule has 0 aromatic carbocycles. The van der Waals surface area contributed by atoms with Crippen molar-refractivity contribution in [2.45, 2.75) is 13.8 Å². The normalized spacial score (nSPS) is 20.7. The molecule has 9 heavy (non-hydrogen) atoms. The van der Waals surface area contributed by atoms with Crippen LogP contribution in [0, 0.1) is 0 Å². The summed E-state index contributed by atoms with van der Waals surface area (Å²) in [4.78, 5) is 0. The van der Waals surface area contributed by atoms with Gasteiger partial charge in [-0.05, 0) is 96.3 Å². The van der Waals surface area contributed by atoms with Gasteiger partial charge in [-0.15, -0.1) is -3.02 Å². The van der Waals surface area contributed by atoms with Gasteiger partial charge >= 0.3 is 0 Å². The molecule has 0 unspecified atom stereocenters. The van der Waals surface area contributed by atoms with Crippen LogP contribution in [0.1, 0.15) is 13.8 Å². The lowest BCUT2D eigenvalue weighted by atomic mass is 11.0. The summed E-state index contributed by atoms with van der Waals surface area (Å²) in [7, 11) is 0. The molecular weight excluding hydrogens is 588 g/mol. The maximum absolute atomic E-state index is 2.65. The standard InChI is InChI=1S/C4H10I4S/c1-3-9(5,6,7,8)4-2/h3-4H2,1-2H3. The van der Waals surface area contributed by atoms with Crippen molar-refractivity contribution in [2.24, 2.45) is 0 Å². The lowest BCUT2D eigenvalue weighted by Crippen LogP contribution is -2.09. The predicted molar refractivity (Wildman–Crippen MR) is 84.8 cm³/mol. The van der Waals surface area contributed by atoms with E-state index in [4.69, 9.17) is 0 Å². The van der Waals surface area contributed by atoms with Gasteiger partial charge in [-0.1, -0.05) is 13.8 Å². The van der Waals surface area contributed by atoms with Crippen molar-refractivity contribution in [3.63, 3.8) is 0 Å². The number of halogens is 4. The molecule has 0 fully saturated rings. The minimum atomic E-state index is -1.65. The van der Waals surface area contributed by atoms with Crippen molar-refractivity contribution in [1.29, 1.82) is 0 Å². The van der Waals surface area contributed by atoms with Gasteiger partial charge in [0.1, 0.15) is 0 Å². The summed E-state index contributed by atoms with van der Waals surface area (Å²) in [5, 5.41) is 0. The Bertz CT molecular complexity index is 110. The fourth-order valence-corrected chi connectivity index (χ4v) is 0.612. The second-order valence-electron chi connectivity index (χ2n) is 2.00. The highest BCUT2D eigenvalue weighted by Crippen LogP contribution is 3.12. The topological polar surface area (TPSA) is 0 Å². The van der Waals surface area contributed by atoms with Crippen LogP contribution in [0.4, 0.5) is 0 Å². The van der Waals surface area contributed by atoms with Crippen molar-refractivity contribution in [1.82, 2.24) is 0 Å². The fourth-order valence-electron chi connectivity index (χ4n) is 0.204. The average molecular weight is 598 g/mol. The van der Waals surface area contributed by atoms with Crippen molar-refractivity contribution in [3.05, 3.63) is 0 Å². The van der Waals surface area contributed by atoms with Crippen LogP contribution in [0.2, 0.25) is 0 Å². The highest BCUT2D eigenvalue weighted by molar-refractivity contribution is 14.6. The third kappa shape index (κ3) is 5.50. The molecule has 0 rings (SSSR count). The first kappa shape index (κ1) is 12.3. The average Bonchev–Trinajstić information content (AvgIpc) is 1.67. The molecule has 5 heteroatoms. The Balaban J connectivity index is 4.64. The molecule has 0 saturated carbocycles. The maximum atomic E-state index is 2.65. The summed E-state index contributed by atoms with van der Waals surface area (Å²) in [6.45, 7) is 4.56. The van der Waals surface area contributed by atoms with E-state index in [0.29, 0.717) is 0 Å². The Hall–Kier alpha value is 3.27. The molecule has 0 heterocycles. The lowest BCUT2D eigenvalue weighted by Gasteiger charge is -2.58. The number of rotatable bonds is 2. The lowest BCUT2D eigenvalue weighted by molar-refractivity contribution is 1.46. The highest BCUT2D eigenvalue weighted by atomic mass is 127. The molecule has 0 spiro atoms. The quantitative estimate of drug-likeness (QED) is 0.379. The molecule has 0 N–H and O–H groups in total. The third-order valence-electron chi connectivity index (χ3n) is 1.28. The molecule has 0 aliphatic heterocycles. The zero-order valence-electron chi connectivity index (χ0n) is 5.33. The van der Waals surface area contributed by atoms with E-state index in [1.165, 1.54) is 11.5 Å². The Morgan fingerprint density at radius 1 is 0.889 bits per heavy atom. The molecule has 0 aliphatic rings. The molecule has 0 amide bonds. The zero-order valence-corrected chi connectivity index (χ0v) is 14.8. The van der Waals surface area contributed by atoms with Gasteiger partial charge < -0.3 is 0 Å². The molecule has 0 aliphatic carbocycles. The van der Waals surface area contributed by atoms with Gasteiger partial charge in [0, 0.05) is 0 Å². The molecule has 60 valence electrons. The largest absolute Gasteiger partial charge is 0.109 e. The van der Waals surface area contributed by atoms with Crippen LogP contribution in [-0.4, -0.2) is 11.5 Å². The first-order valence-electron chi connectivity index (χ1n) is 2.61. The zero-order chi connectivity index (χ0) is 7.82. The molecule has 0 bridgehead atoms. The molecular formula is C4H10I4S. The van der Waals surface area contributed by atoms with Gasteiger partial charge in [0.15, 0.2) is 0 Å². The van der Waals surface area contributed by atoms with Crippen molar-refractivity contribution >= 4 is 81.8 Å². The van der Waals surface area contributed by atoms with Crippen LogP contribution in [0.15, 0.2) is 0 Å². The maximum Gasteiger partial charge on any atom is -0.00746 e. The SMILES string of the molecule is CCS(I)(I)(I)(I)CC. The van der Waals surface area contributed by atoms with Crippen LogP contribution in [0.3, 0.4) is 0 Å². The first-order valence-corrected chi connectivity index (χ1v) is 15.6. The van der Waals surface area contributed by atoms with Gasteiger partial charge in [-0.2, -0.15) is 0 Å². The Labute approximate surface area is 105 Å². The van der Waals surface area contributed by atoms with E-state index in [1.807, 2.05) is 0 Å². The third-order valence-corrected chi connectivity index (χ3v) is 18.8. The summed E-state index contributed by atoms with van der Waals surface area (Å²) >= 11 is 10.6. The monoisotopic (exact) mass is 598 g/mol. The second-order valence-corrected chi connectivity index (χ2v) is 67.2. The van der Waals surface area contributed by atoms with E-state index in [-0.39, 0.29) is 0 Å². The minimum Gasteiger partial charge on any atom is -0.109 e. The summed E-state index contributed by atoms with van der Waals surface area (Å²) < 4.78 is -1.65. The molecule has 0 atom stereocenters. The minimum absolute atomic E-state index is 1.29. The molecule has 0 aromatic rings. The molecule has 0 radical (unpaired) electrons. The van der Waals surface area contributed by atoms with Crippen LogP contribution < -0.4 is 0 Å². The summed E-state index contributed by atoms with van der Waals surface area (Å²) in [5.41, 5.74) is 0. The van der Waals surface area contributed by atoms with Gasteiger partial charge in [0.2, 0.25) is 0 Å². The number of hydrogen-bond donors (Lipinski definition) is 0. The molecule has 0 aromatic heterocycles. The molecule has 0 nitrogen and oxygen atoms in total. The Kier molecular flexibility index (Phi) is 3.94. The summed E-state index contributed by atoms with van der Waals surface area (Å²) in [5.74, 6) is 2.58. The van der Waals surface area contributed by atoms with Gasteiger partial charge in [-0.25, -0.2) is 0 Å². The van der Waals surface area contributed by atoms with Crippen LogP contribution in [-0.2, 0) is 0 Å². The smallest absolute Gasteiger partial charge is 0.00746 e. The second kappa shape index (κ2) is 2.89. The number of hydrogen-bond acceptors (Lipinski definition) is 0. The highest BCUT2D eigenvalue weighted by Gasteiger charge is 2.47. The van der Waals surface area contributed by atoms with E-state index in [0.717, 1.165) is 0 Å². The summed E-state index contributed by atoms with van der Waals surface area (Å²) in [6, 6.07) is 0. The van der Waals surface area contributed by atoms with Crippen molar-refractivity contribution in [2.75, 3.05) is 11.5 Å². The Morgan fingerprint density at radius 3 is 1.11 bits per heavy atom. The van der Waals surface area contributed by atoms with Crippen molar-refractivity contribution < 1.29 is 0 Å². The van der Waals surface area contributed by atoms with E-state index in [9.17, 15) is 0 Å². The van der Waals surface area contributed by atoms with E-state index in [1.54, 1.807) is 0 Å². The van der Waals surface area contributed by atoms with Gasteiger partial charge in [-0.3, -0.25) is 0 Å². The Morgan fingerprint density at radius 2 is 1.11 bits per heavy atom. The van der Waals surface area contributed by atoms with Gasteiger partial charge in [0.05, 0.1) is 0 Å². The van der Waals surface area contributed by atoms with Crippen LogP contribution in [0.5, 0.6) is 0 Å². The first-order chi connectivity index (χ1) is 3.62. The van der Waals surface area contributed by atoms with E-state index in [2.05, 4.69) is 98.7 Å². The predicted octanol–water partition coefficient (Wildman–Crippen LogP) is 5.30. The molecule has 0 saturated heterocycles. The fraction of sp³-hybridized carbons (Fsp3) is 1.00. The van der Waals surface area contributed by atoms with E-state index >= 15 is 0 Å². The van der Waals surface area contributed by atoms with Gasteiger partial charge in [0.25, 0.3) is 0 Å². The van der Waals surface area contributed by atoms with Crippen LogP contribution in [0.25, 0.3) is 0 Å². The van der Waals surface area contributed by atoms with E-state index < -0.39 is -3.02 Å².